The van der Waals surface area contributed by atoms with Gasteiger partial charge in [-0.05, 0) is 37.5 Å². The molecule has 1 heterocycles. The van der Waals surface area contributed by atoms with Crippen LogP contribution in [0.5, 0.6) is 5.75 Å². The fourth-order valence-corrected chi connectivity index (χ4v) is 1.59. The maximum absolute atomic E-state index is 10.4. The van der Waals surface area contributed by atoms with E-state index in [0.717, 1.165) is 24.9 Å². The zero-order valence-corrected chi connectivity index (χ0v) is 8.43. The fourth-order valence-electron chi connectivity index (χ4n) is 1.59. The van der Waals surface area contributed by atoms with Gasteiger partial charge in [-0.15, -0.1) is 0 Å². The summed E-state index contributed by atoms with van der Waals surface area (Å²) in [6.07, 6.45) is 10.0. The summed E-state index contributed by atoms with van der Waals surface area (Å²) in [5.74, 6) is 0.720. The lowest BCUT2D eigenvalue weighted by Crippen LogP contribution is -2.15. The molecule has 78 valence electrons. The highest BCUT2D eigenvalue weighted by Crippen LogP contribution is 2.17. The van der Waals surface area contributed by atoms with Crippen molar-refractivity contribution >= 4 is 6.29 Å². The molecule has 3 nitrogen and oxygen atoms in total. The first-order valence-electron chi connectivity index (χ1n) is 5.13. The molecule has 1 aliphatic rings. The second-order valence-corrected chi connectivity index (χ2v) is 3.55. The summed E-state index contributed by atoms with van der Waals surface area (Å²) < 4.78 is 5.69. The molecule has 15 heavy (non-hydrogen) atoms. The van der Waals surface area contributed by atoms with E-state index < -0.39 is 0 Å². The highest BCUT2D eigenvalue weighted by atomic mass is 16.5. The van der Waals surface area contributed by atoms with E-state index in [1.807, 2.05) is 0 Å². The van der Waals surface area contributed by atoms with E-state index in [4.69, 9.17) is 4.74 Å². The summed E-state index contributed by atoms with van der Waals surface area (Å²) in [7, 11) is 0. The molecule has 2 rings (SSSR count). The molecule has 3 heteroatoms. The Labute approximate surface area is 88.8 Å². The Kier molecular flexibility index (Phi) is 3.12. The average Bonchev–Trinajstić information content (AvgIpc) is 2.31. The number of ether oxygens (including phenoxy) is 1. The number of aldehydes is 1. The molecule has 0 aromatic carbocycles. The van der Waals surface area contributed by atoms with Gasteiger partial charge in [0.25, 0.3) is 0 Å². The van der Waals surface area contributed by atoms with Gasteiger partial charge in [-0.1, -0.05) is 6.08 Å². The Hall–Kier alpha value is -1.64. The van der Waals surface area contributed by atoms with Crippen molar-refractivity contribution in [2.45, 2.75) is 25.4 Å². The molecule has 0 aliphatic heterocycles. The average molecular weight is 203 g/mol. The zero-order valence-electron chi connectivity index (χ0n) is 8.43. The molecule has 0 bridgehead atoms. The van der Waals surface area contributed by atoms with Crippen LogP contribution >= 0.6 is 0 Å². The number of aromatic nitrogens is 1. The molecule has 0 radical (unpaired) electrons. The summed E-state index contributed by atoms with van der Waals surface area (Å²) in [6, 6.07) is 3.44. The van der Waals surface area contributed by atoms with Crippen LogP contribution < -0.4 is 4.74 Å². The SMILES string of the molecule is O=Cc1ccc(OC2C=CCCC2)cn1. The van der Waals surface area contributed by atoms with Crippen LogP contribution in [0.15, 0.2) is 30.5 Å². The number of rotatable bonds is 3. The Morgan fingerprint density at radius 2 is 2.40 bits per heavy atom. The first-order chi connectivity index (χ1) is 7.38. The fraction of sp³-hybridized carbons (Fsp3) is 0.333. The highest BCUT2D eigenvalue weighted by molar-refractivity contribution is 5.71. The van der Waals surface area contributed by atoms with Gasteiger partial charge < -0.3 is 4.74 Å². The first-order valence-corrected chi connectivity index (χ1v) is 5.13. The number of carbonyl (C=O) groups is 1. The standard InChI is InChI=1S/C12H13NO2/c14-9-10-6-7-12(8-13-10)15-11-4-2-1-3-5-11/h2,4,6-9,11H,1,3,5H2. The summed E-state index contributed by atoms with van der Waals surface area (Å²) in [6.45, 7) is 0. The van der Waals surface area contributed by atoms with Crippen LogP contribution in [0.2, 0.25) is 0 Å². The molecule has 0 N–H and O–H groups in total. The van der Waals surface area contributed by atoms with Crippen LogP contribution in [-0.4, -0.2) is 17.4 Å². The van der Waals surface area contributed by atoms with E-state index in [9.17, 15) is 4.79 Å². The van der Waals surface area contributed by atoms with Crippen molar-refractivity contribution in [3.05, 3.63) is 36.2 Å². The molecule has 1 unspecified atom stereocenters. The predicted octanol–water partition coefficient (Wildman–Crippen LogP) is 2.38. The molecule has 0 amide bonds. The summed E-state index contributed by atoms with van der Waals surface area (Å²) >= 11 is 0. The van der Waals surface area contributed by atoms with Crippen LogP contribution in [0.25, 0.3) is 0 Å². The Morgan fingerprint density at radius 3 is 3.00 bits per heavy atom. The van der Waals surface area contributed by atoms with Crippen LogP contribution in [0.1, 0.15) is 29.8 Å². The van der Waals surface area contributed by atoms with Crippen LogP contribution in [0.4, 0.5) is 0 Å². The number of allylic oxidation sites excluding steroid dienone is 1. The minimum atomic E-state index is 0.155. The van der Waals surface area contributed by atoms with Crippen molar-refractivity contribution in [3.8, 4) is 5.75 Å². The van der Waals surface area contributed by atoms with Gasteiger partial charge in [0, 0.05) is 0 Å². The lowest BCUT2D eigenvalue weighted by atomic mass is 10.1. The Bertz CT molecular complexity index is 356. The van der Waals surface area contributed by atoms with Crippen molar-refractivity contribution < 1.29 is 9.53 Å². The number of hydrogen-bond donors (Lipinski definition) is 0. The van der Waals surface area contributed by atoms with Crippen molar-refractivity contribution in [3.63, 3.8) is 0 Å². The van der Waals surface area contributed by atoms with Gasteiger partial charge in [0.05, 0.1) is 6.20 Å². The van der Waals surface area contributed by atoms with E-state index in [1.165, 1.54) is 6.42 Å². The molecule has 0 saturated heterocycles. The zero-order chi connectivity index (χ0) is 10.5. The second kappa shape index (κ2) is 4.73. The van der Waals surface area contributed by atoms with Crippen LogP contribution in [0.3, 0.4) is 0 Å². The maximum atomic E-state index is 10.4. The monoisotopic (exact) mass is 203 g/mol. The van der Waals surface area contributed by atoms with E-state index in [2.05, 4.69) is 17.1 Å². The van der Waals surface area contributed by atoms with E-state index in [-0.39, 0.29) is 6.10 Å². The smallest absolute Gasteiger partial charge is 0.168 e. The normalized spacial score (nSPS) is 19.9. The second-order valence-electron chi connectivity index (χ2n) is 3.55. The molecular weight excluding hydrogens is 190 g/mol. The number of pyridine rings is 1. The molecule has 1 aromatic rings. The number of carbonyl (C=O) groups excluding carboxylic acids is 1. The van der Waals surface area contributed by atoms with Gasteiger partial charge in [-0.3, -0.25) is 4.79 Å². The predicted molar refractivity (Wildman–Crippen MR) is 57.0 cm³/mol. The minimum absolute atomic E-state index is 0.155. The van der Waals surface area contributed by atoms with Crippen molar-refractivity contribution in [1.29, 1.82) is 0 Å². The third kappa shape index (κ3) is 2.65. The van der Waals surface area contributed by atoms with Gasteiger partial charge in [0.1, 0.15) is 17.5 Å². The van der Waals surface area contributed by atoms with Gasteiger partial charge in [0.15, 0.2) is 6.29 Å². The highest BCUT2D eigenvalue weighted by Gasteiger charge is 2.09. The molecule has 1 aromatic heterocycles. The minimum Gasteiger partial charge on any atom is -0.485 e. The van der Waals surface area contributed by atoms with E-state index >= 15 is 0 Å². The van der Waals surface area contributed by atoms with Crippen LogP contribution in [0, 0.1) is 0 Å². The largest absolute Gasteiger partial charge is 0.485 e. The van der Waals surface area contributed by atoms with E-state index in [0.29, 0.717) is 5.69 Å². The maximum Gasteiger partial charge on any atom is 0.168 e. The topological polar surface area (TPSA) is 39.2 Å². The van der Waals surface area contributed by atoms with Gasteiger partial charge >= 0.3 is 0 Å². The van der Waals surface area contributed by atoms with Gasteiger partial charge in [-0.2, -0.15) is 0 Å². The van der Waals surface area contributed by atoms with Crippen molar-refractivity contribution in [2.75, 3.05) is 0 Å². The Morgan fingerprint density at radius 1 is 1.47 bits per heavy atom. The molecule has 0 saturated carbocycles. The summed E-state index contributed by atoms with van der Waals surface area (Å²) in [5, 5.41) is 0. The summed E-state index contributed by atoms with van der Waals surface area (Å²) in [5.41, 5.74) is 0.432. The molecular formula is C12H13NO2. The lowest BCUT2D eigenvalue weighted by molar-refractivity contribution is 0.111. The molecule has 1 aliphatic carbocycles. The Balaban J connectivity index is 2.00. The van der Waals surface area contributed by atoms with Crippen LogP contribution in [-0.2, 0) is 0 Å². The summed E-state index contributed by atoms with van der Waals surface area (Å²) in [4.78, 5) is 14.3. The number of hydrogen-bond acceptors (Lipinski definition) is 3. The quantitative estimate of drug-likeness (QED) is 0.559. The van der Waals surface area contributed by atoms with Crippen molar-refractivity contribution in [2.24, 2.45) is 0 Å². The third-order valence-corrected chi connectivity index (χ3v) is 2.38. The van der Waals surface area contributed by atoms with E-state index in [1.54, 1.807) is 18.3 Å². The van der Waals surface area contributed by atoms with Gasteiger partial charge in [-0.25, -0.2) is 4.98 Å². The van der Waals surface area contributed by atoms with Crippen molar-refractivity contribution in [1.82, 2.24) is 4.98 Å². The molecule has 0 spiro atoms. The molecule has 1 atom stereocenters. The number of nitrogens with zero attached hydrogens (tertiary/aromatic N) is 1. The third-order valence-electron chi connectivity index (χ3n) is 2.38. The van der Waals surface area contributed by atoms with Gasteiger partial charge in [0.2, 0.25) is 0 Å². The lowest BCUT2D eigenvalue weighted by Gasteiger charge is -2.17. The first kappa shape index (κ1) is 9.90. The molecule has 0 fully saturated rings.